The molecule has 1 amide bonds. The zero-order chi connectivity index (χ0) is 23.5. The normalized spacial score (nSPS) is 10.9. The van der Waals surface area contributed by atoms with Gasteiger partial charge in [0.2, 0.25) is 0 Å². The molecule has 0 spiro atoms. The van der Waals surface area contributed by atoms with Crippen LogP contribution in [0.4, 0.5) is 5.69 Å². The van der Waals surface area contributed by atoms with Gasteiger partial charge in [0.15, 0.2) is 0 Å². The number of carbonyl (C=O) groups is 1. The van der Waals surface area contributed by atoms with Crippen LogP contribution in [0, 0.1) is 6.92 Å². The molecular weight excluding hydrogens is 418 g/mol. The number of nitrogens with zero attached hydrogens (tertiary/aromatic N) is 3. The fourth-order valence-electron chi connectivity index (χ4n) is 4.18. The maximum absolute atomic E-state index is 13.5. The molecule has 0 atom stereocenters. The fraction of sp³-hybridized carbons (Fsp3) is 0.100. The van der Waals surface area contributed by atoms with E-state index in [2.05, 4.69) is 0 Å². The standard InChI is InChI=1S/C30H25N3O/c1-3-33(25-16-10-11-21(2)19-25)30(34)24-17-18-26-27(20-24)32-29(23-14-8-5-9-15-23)28(31-26)22-12-6-4-7-13-22/h4-20H,3H2,1-2H3. The predicted octanol–water partition coefficient (Wildman–Crippen LogP) is 6.94. The van der Waals surface area contributed by atoms with Gasteiger partial charge in [-0.2, -0.15) is 0 Å². The summed E-state index contributed by atoms with van der Waals surface area (Å²) >= 11 is 0. The summed E-state index contributed by atoms with van der Waals surface area (Å²) in [6.07, 6.45) is 0. The number of fused-ring (bicyclic) bond motifs is 1. The van der Waals surface area contributed by atoms with Crippen molar-refractivity contribution in [1.82, 2.24) is 9.97 Å². The highest BCUT2D eigenvalue weighted by atomic mass is 16.2. The van der Waals surface area contributed by atoms with Gasteiger partial charge in [0.05, 0.1) is 22.4 Å². The minimum Gasteiger partial charge on any atom is -0.309 e. The second-order valence-electron chi connectivity index (χ2n) is 8.24. The Morgan fingerprint density at radius 1 is 0.706 bits per heavy atom. The van der Waals surface area contributed by atoms with Crippen molar-refractivity contribution >= 4 is 22.6 Å². The number of rotatable bonds is 5. The number of anilines is 1. The quantitative estimate of drug-likeness (QED) is 0.296. The molecule has 4 aromatic carbocycles. The van der Waals surface area contributed by atoms with E-state index < -0.39 is 0 Å². The molecule has 1 heterocycles. The van der Waals surface area contributed by atoms with Crippen molar-refractivity contribution in [3.63, 3.8) is 0 Å². The molecular formula is C30H25N3O. The summed E-state index contributed by atoms with van der Waals surface area (Å²) in [5.41, 5.74) is 7.69. The van der Waals surface area contributed by atoms with Gasteiger partial charge in [-0.25, -0.2) is 9.97 Å². The van der Waals surface area contributed by atoms with Crippen molar-refractivity contribution in [2.45, 2.75) is 13.8 Å². The van der Waals surface area contributed by atoms with Gasteiger partial charge in [0.1, 0.15) is 0 Å². The summed E-state index contributed by atoms with van der Waals surface area (Å²) in [5, 5.41) is 0. The first-order valence-electron chi connectivity index (χ1n) is 11.4. The Bertz CT molecular complexity index is 1460. The highest BCUT2D eigenvalue weighted by Crippen LogP contribution is 2.31. The third kappa shape index (κ3) is 4.18. The summed E-state index contributed by atoms with van der Waals surface area (Å²) in [5.74, 6) is -0.0507. The molecule has 0 unspecified atom stereocenters. The molecule has 0 aliphatic carbocycles. The van der Waals surface area contributed by atoms with Crippen LogP contribution in [0.5, 0.6) is 0 Å². The highest BCUT2D eigenvalue weighted by Gasteiger charge is 2.19. The average molecular weight is 444 g/mol. The number of amides is 1. The lowest BCUT2D eigenvalue weighted by atomic mass is 10.0. The lowest BCUT2D eigenvalue weighted by molar-refractivity contribution is 0.0988. The second-order valence-corrected chi connectivity index (χ2v) is 8.24. The van der Waals surface area contributed by atoms with Crippen LogP contribution in [0.25, 0.3) is 33.5 Å². The Morgan fingerprint density at radius 3 is 1.91 bits per heavy atom. The lowest BCUT2D eigenvalue weighted by Gasteiger charge is -2.22. The maximum atomic E-state index is 13.5. The molecule has 0 aliphatic rings. The minimum atomic E-state index is -0.0507. The van der Waals surface area contributed by atoms with E-state index in [1.807, 2.05) is 117 Å². The molecule has 5 rings (SSSR count). The maximum Gasteiger partial charge on any atom is 0.258 e. The molecule has 0 bridgehead atoms. The van der Waals surface area contributed by atoms with Crippen LogP contribution in [-0.2, 0) is 0 Å². The number of hydrogen-bond donors (Lipinski definition) is 0. The molecule has 0 fully saturated rings. The van der Waals surface area contributed by atoms with Gasteiger partial charge < -0.3 is 4.90 Å². The third-order valence-corrected chi connectivity index (χ3v) is 5.88. The predicted molar refractivity (Wildman–Crippen MR) is 139 cm³/mol. The number of hydrogen-bond acceptors (Lipinski definition) is 3. The molecule has 0 saturated heterocycles. The second kappa shape index (κ2) is 9.28. The van der Waals surface area contributed by atoms with Gasteiger partial charge in [0.25, 0.3) is 5.91 Å². The minimum absolute atomic E-state index is 0.0507. The van der Waals surface area contributed by atoms with Gasteiger partial charge in [-0.05, 0) is 49.7 Å². The van der Waals surface area contributed by atoms with Crippen molar-refractivity contribution in [1.29, 1.82) is 0 Å². The number of aryl methyl sites for hydroxylation is 1. The van der Waals surface area contributed by atoms with Crippen molar-refractivity contribution in [3.8, 4) is 22.5 Å². The van der Waals surface area contributed by atoms with Crippen LogP contribution in [0.1, 0.15) is 22.8 Å². The van der Waals surface area contributed by atoms with Crippen LogP contribution >= 0.6 is 0 Å². The van der Waals surface area contributed by atoms with E-state index in [0.29, 0.717) is 17.6 Å². The molecule has 0 radical (unpaired) electrons. The van der Waals surface area contributed by atoms with Gasteiger partial charge in [-0.15, -0.1) is 0 Å². The Hall–Kier alpha value is -4.31. The van der Waals surface area contributed by atoms with E-state index in [4.69, 9.17) is 9.97 Å². The van der Waals surface area contributed by atoms with Crippen molar-refractivity contribution in [2.24, 2.45) is 0 Å². The summed E-state index contributed by atoms with van der Waals surface area (Å²) < 4.78 is 0. The van der Waals surface area contributed by atoms with Crippen LogP contribution in [0.3, 0.4) is 0 Å². The van der Waals surface area contributed by atoms with Crippen LogP contribution in [0.2, 0.25) is 0 Å². The van der Waals surface area contributed by atoms with Crippen molar-refractivity contribution in [2.75, 3.05) is 11.4 Å². The topological polar surface area (TPSA) is 46.1 Å². The van der Waals surface area contributed by atoms with Crippen molar-refractivity contribution in [3.05, 3.63) is 114 Å². The molecule has 166 valence electrons. The number of carbonyl (C=O) groups excluding carboxylic acids is 1. The van der Waals surface area contributed by atoms with Gasteiger partial charge in [0, 0.05) is 28.9 Å². The lowest BCUT2D eigenvalue weighted by Crippen LogP contribution is -2.30. The summed E-state index contributed by atoms with van der Waals surface area (Å²) in [6, 6.07) is 33.7. The van der Waals surface area contributed by atoms with E-state index >= 15 is 0 Å². The number of aromatic nitrogens is 2. The molecule has 4 nitrogen and oxygen atoms in total. The molecule has 0 saturated carbocycles. The number of benzene rings is 4. The zero-order valence-electron chi connectivity index (χ0n) is 19.3. The van der Waals surface area contributed by atoms with Gasteiger partial charge >= 0.3 is 0 Å². The Balaban J connectivity index is 1.62. The van der Waals surface area contributed by atoms with E-state index in [-0.39, 0.29) is 5.91 Å². The monoisotopic (exact) mass is 443 g/mol. The van der Waals surface area contributed by atoms with Crippen LogP contribution < -0.4 is 4.90 Å². The molecule has 0 aliphatic heterocycles. The summed E-state index contributed by atoms with van der Waals surface area (Å²) in [6.45, 7) is 4.60. The molecule has 0 N–H and O–H groups in total. The van der Waals surface area contributed by atoms with Crippen LogP contribution in [0.15, 0.2) is 103 Å². The van der Waals surface area contributed by atoms with Gasteiger partial charge in [-0.1, -0.05) is 72.8 Å². The van der Waals surface area contributed by atoms with E-state index in [0.717, 1.165) is 39.3 Å². The van der Waals surface area contributed by atoms with E-state index in [1.54, 1.807) is 4.90 Å². The average Bonchev–Trinajstić information content (AvgIpc) is 2.89. The van der Waals surface area contributed by atoms with E-state index in [1.165, 1.54) is 0 Å². The smallest absolute Gasteiger partial charge is 0.258 e. The van der Waals surface area contributed by atoms with Gasteiger partial charge in [-0.3, -0.25) is 4.79 Å². The third-order valence-electron chi connectivity index (χ3n) is 5.88. The molecule has 1 aromatic heterocycles. The zero-order valence-corrected chi connectivity index (χ0v) is 19.3. The Labute approximate surface area is 199 Å². The van der Waals surface area contributed by atoms with E-state index in [9.17, 15) is 4.79 Å². The molecule has 34 heavy (non-hydrogen) atoms. The first kappa shape index (κ1) is 21.5. The summed E-state index contributed by atoms with van der Waals surface area (Å²) in [4.78, 5) is 25.2. The molecule has 5 aromatic rings. The fourth-order valence-corrected chi connectivity index (χ4v) is 4.18. The Kier molecular flexibility index (Phi) is 5.88. The molecule has 4 heteroatoms. The Morgan fingerprint density at radius 2 is 1.32 bits per heavy atom. The highest BCUT2D eigenvalue weighted by molar-refractivity contribution is 6.07. The first-order chi connectivity index (χ1) is 16.6. The SMILES string of the molecule is CCN(C(=O)c1ccc2nc(-c3ccccc3)c(-c3ccccc3)nc2c1)c1cccc(C)c1. The van der Waals surface area contributed by atoms with Crippen LogP contribution in [-0.4, -0.2) is 22.4 Å². The first-order valence-corrected chi connectivity index (χ1v) is 11.4. The van der Waals surface area contributed by atoms with Crippen molar-refractivity contribution < 1.29 is 4.79 Å². The largest absolute Gasteiger partial charge is 0.309 e. The summed E-state index contributed by atoms with van der Waals surface area (Å²) in [7, 11) is 0.